The number of rotatable bonds is 6. The predicted octanol–water partition coefficient (Wildman–Crippen LogP) is 3.31. The Balaban J connectivity index is 1.57. The van der Waals surface area contributed by atoms with Gasteiger partial charge in [0.25, 0.3) is 0 Å². The first-order valence-corrected chi connectivity index (χ1v) is 9.43. The Morgan fingerprint density at radius 1 is 1.22 bits per heavy atom. The Labute approximate surface area is 158 Å². The Hall–Kier alpha value is -2.90. The highest BCUT2D eigenvalue weighted by Crippen LogP contribution is 2.26. The number of carbonyl (C=O) groups excluding carboxylic acids is 2. The van der Waals surface area contributed by atoms with Gasteiger partial charge in [0.15, 0.2) is 0 Å². The summed E-state index contributed by atoms with van der Waals surface area (Å²) < 4.78 is 1.74. The van der Waals surface area contributed by atoms with Crippen LogP contribution in [0.4, 0.5) is 16.2 Å². The number of amides is 3. The van der Waals surface area contributed by atoms with Gasteiger partial charge in [-0.25, -0.2) is 14.5 Å². The molecule has 1 heterocycles. The molecule has 0 aliphatic heterocycles. The van der Waals surface area contributed by atoms with Crippen molar-refractivity contribution in [2.75, 3.05) is 10.6 Å². The Morgan fingerprint density at radius 2 is 1.93 bits per heavy atom. The summed E-state index contributed by atoms with van der Waals surface area (Å²) in [7, 11) is 0. The third kappa shape index (κ3) is 4.84. The molecule has 0 spiro atoms. The van der Waals surface area contributed by atoms with E-state index in [0.29, 0.717) is 23.7 Å². The van der Waals surface area contributed by atoms with Gasteiger partial charge in [0.2, 0.25) is 5.91 Å². The quantitative estimate of drug-likeness (QED) is 0.726. The molecule has 0 saturated heterocycles. The maximum absolute atomic E-state index is 12.3. The van der Waals surface area contributed by atoms with Crippen LogP contribution >= 0.6 is 0 Å². The fourth-order valence-electron chi connectivity index (χ4n) is 3.39. The van der Waals surface area contributed by atoms with Crippen molar-refractivity contribution < 1.29 is 9.59 Å². The molecule has 1 aliphatic carbocycles. The third-order valence-electron chi connectivity index (χ3n) is 4.79. The number of nitrogens with one attached hydrogen (secondary N) is 3. The van der Waals surface area contributed by atoms with E-state index in [9.17, 15) is 9.59 Å². The van der Waals surface area contributed by atoms with Gasteiger partial charge < -0.3 is 16.0 Å². The Morgan fingerprint density at radius 3 is 2.63 bits per heavy atom. The second kappa shape index (κ2) is 8.66. The zero-order chi connectivity index (χ0) is 19.2. The van der Waals surface area contributed by atoms with E-state index in [2.05, 4.69) is 26.0 Å². The van der Waals surface area contributed by atoms with Crippen molar-refractivity contribution in [3.63, 3.8) is 0 Å². The van der Waals surface area contributed by atoms with Gasteiger partial charge in [-0.1, -0.05) is 18.9 Å². The lowest BCUT2D eigenvalue weighted by atomic mass is 10.1. The lowest BCUT2D eigenvalue weighted by molar-refractivity contribution is -0.119. The lowest BCUT2D eigenvalue weighted by Crippen LogP contribution is -2.32. The number of nitrogens with zero attached hydrogens (tertiary/aromatic N) is 3. The van der Waals surface area contributed by atoms with E-state index in [-0.39, 0.29) is 23.9 Å². The molecule has 0 unspecified atom stereocenters. The fraction of sp³-hybridized carbons (Fsp3) is 0.474. The number of aryl methyl sites for hydroxylation is 1. The number of anilines is 2. The molecule has 0 bridgehead atoms. The molecular weight excluding hydrogens is 344 g/mol. The first-order chi connectivity index (χ1) is 13.1. The number of benzene rings is 1. The van der Waals surface area contributed by atoms with Gasteiger partial charge in [-0.2, -0.15) is 5.10 Å². The minimum atomic E-state index is -0.340. The van der Waals surface area contributed by atoms with Crippen LogP contribution in [-0.2, 0) is 11.3 Å². The lowest BCUT2D eigenvalue weighted by Gasteiger charge is -2.15. The highest BCUT2D eigenvalue weighted by molar-refractivity contribution is 5.94. The van der Waals surface area contributed by atoms with Gasteiger partial charge in [0, 0.05) is 23.8 Å². The molecule has 3 amide bonds. The molecule has 1 fully saturated rings. The van der Waals surface area contributed by atoms with Gasteiger partial charge >= 0.3 is 6.03 Å². The standard InChI is InChI=1S/C19H26N6O2/c1-3-25-17(20-12-21-25)13(2)22-19(27)24-16-10-6-9-15(11-16)23-18(26)14-7-4-5-8-14/h6,9-14H,3-5,7-8H2,1-2H3,(H,23,26)(H2,22,24,27)/t13-/m0/s1. The van der Waals surface area contributed by atoms with Gasteiger partial charge in [-0.3, -0.25) is 4.79 Å². The molecule has 2 aromatic rings. The van der Waals surface area contributed by atoms with Crippen molar-refractivity contribution in [3.8, 4) is 0 Å². The van der Waals surface area contributed by atoms with Crippen molar-refractivity contribution in [2.45, 2.75) is 52.1 Å². The SMILES string of the molecule is CCn1ncnc1[C@H](C)NC(=O)Nc1cccc(NC(=O)C2CCCC2)c1. The monoisotopic (exact) mass is 370 g/mol. The Kier molecular flexibility index (Phi) is 6.05. The average Bonchev–Trinajstić information content (AvgIpc) is 3.33. The fourth-order valence-corrected chi connectivity index (χ4v) is 3.39. The molecule has 0 radical (unpaired) electrons. The highest BCUT2D eigenvalue weighted by Gasteiger charge is 2.22. The van der Waals surface area contributed by atoms with Crippen LogP contribution in [0.1, 0.15) is 51.4 Å². The molecule has 1 atom stereocenters. The zero-order valence-electron chi connectivity index (χ0n) is 15.7. The molecule has 1 aromatic carbocycles. The van der Waals surface area contributed by atoms with Crippen LogP contribution in [0.3, 0.4) is 0 Å². The van der Waals surface area contributed by atoms with Gasteiger partial charge in [0.1, 0.15) is 12.2 Å². The molecule has 8 heteroatoms. The van der Waals surface area contributed by atoms with E-state index < -0.39 is 0 Å². The van der Waals surface area contributed by atoms with Gasteiger partial charge in [-0.15, -0.1) is 0 Å². The Bertz CT molecular complexity index is 797. The van der Waals surface area contributed by atoms with Crippen molar-refractivity contribution in [3.05, 3.63) is 36.4 Å². The smallest absolute Gasteiger partial charge is 0.319 e. The van der Waals surface area contributed by atoms with Crippen molar-refractivity contribution in [1.29, 1.82) is 0 Å². The van der Waals surface area contributed by atoms with Crippen LogP contribution in [0.25, 0.3) is 0 Å². The maximum Gasteiger partial charge on any atom is 0.319 e. The van der Waals surface area contributed by atoms with Crippen LogP contribution in [-0.4, -0.2) is 26.7 Å². The first-order valence-electron chi connectivity index (χ1n) is 9.43. The van der Waals surface area contributed by atoms with Crippen LogP contribution in [0, 0.1) is 5.92 Å². The second-order valence-corrected chi connectivity index (χ2v) is 6.81. The summed E-state index contributed by atoms with van der Waals surface area (Å²) in [6.45, 7) is 4.51. The van der Waals surface area contributed by atoms with Crippen LogP contribution in [0.5, 0.6) is 0 Å². The molecule has 3 rings (SSSR count). The average molecular weight is 370 g/mol. The summed E-state index contributed by atoms with van der Waals surface area (Å²) in [5.41, 5.74) is 1.30. The van der Waals surface area contributed by atoms with Crippen molar-refractivity contribution >= 4 is 23.3 Å². The molecule has 3 N–H and O–H groups in total. The largest absolute Gasteiger partial charge is 0.328 e. The van der Waals surface area contributed by atoms with E-state index in [0.717, 1.165) is 25.7 Å². The van der Waals surface area contributed by atoms with Crippen molar-refractivity contribution in [1.82, 2.24) is 20.1 Å². The predicted molar refractivity (Wildman–Crippen MR) is 103 cm³/mol. The highest BCUT2D eigenvalue weighted by atomic mass is 16.2. The first kappa shape index (κ1) is 18.9. The van der Waals surface area contributed by atoms with E-state index in [1.54, 1.807) is 22.9 Å². The minimum absolute atomic E-state index is 0.0571. The summed E-state index contributed by atoms with van der Waals surface area (Å²) >= 11 is 0. The number of hydrogen-bond donors (Lipinski definition) is 3. The van der Waals surface area contributed by atoms with E-state index in [1.165, 1.54) is 6.33 Å². The molecule has 8 nitrogen and oxygen atoms in total. The van der Waals surface area contributed by atoms with Crippen LogP contribution in [0.15, 0.2) is 30.6 Å². The summed E-state index contributed by atoms with van der Waals surface area (Å²) in [5, 5.41) is 12.7. The molecule has 1 aliphatic rings. The van der Waals surface area contributed by atoms with Gasteiger partial charge in [-0.05, 0) is 44.9 Å². The third-order valence-corrected chi connectivity index (χ3v) is 4.79. The van der Waals surface area contributed by atoms with E-state index >= 15 is 0 Å². The van der Waals surface area contributed by atoms with Crippen LogP contribution in [0.2, 0.25) is 0 Å². The number of aromatic nitrogens is 3. The van der Waals surface area contributed by atoms with Crippen LogP contribution < -0.4 is 16.0 Å². The summed E-state index contributed by atoms with van der Waals surface area (Å²) in [4.78, 5) is 28.7. The maximum atomic E-state index is 12.3. The zero-order valence-corrected chi connectivity index (χ0v) is 15.7. The van der Waals surface area contributed by atoms with E-state index in [4.69, 9.17) is 0 Å². The summed E-state index contributed by atoms with van der Waals surface area (Å²) in [5.74, 6) is 0.855. The molecule has 1 saturated carbocycles. The summed E-state index contributed by atoms with van der Waals surface area (Å²) in [6, 6.07) is 6.54. The molecule has 1 aromatic heterocycles. The normalized spacial score (nSPS) is 15.3. The van der Waals surface area contributed by atoms with Crippen molar-refractivity contribution in [2.24, 2.45) is 5.92 Å². The number of carbonyl (C=O) groups is 2. The number of urea groups is 1. The molecular formula is C19H26N6O2. The van der Waals surface area contributed by atoms with E-state index in [1.807, 2.05) is 19.9 Å². The molecule has 27 heavy (non-hydrogen) atoms. The summed E-state index contributed by atoms with van der Waals surface area (Å²) in [6.07, 6.45) is 5.61. The minimum Gasteiger partial charge on any atom is -0.328 e. The second-order valence-electron chi connectivity index (χ2n) is 6.81. The molecule has 144 valence electrons. The van der Waals surface area contributed by atoms with Gasteiger partial charge in [0.05, 0.1) is 6.04 Å². The topological polar surface area (TPSA) is 101 Å². The number of hydrogen-bond acceptors (Lipinski definition) is 4.